The van der Waals surface area contributed by atoms with Gasteiger partial charge in [-0.1, -0.05) is 48.5 Å². The number of amides is 2. The van der Waals surface area contributed by atoms with Gasteiger partial charge >= 0.3 is 0 Å². The van der Waals surface area contributed by atoms with Crippen LogP contribution in [0, 0.1) is 0 Å². The molecule has 2 aromatic carbocycles. The van der Waals surface area contributed by atoms with Gasteiger partial charge in [0, 0.05) is 4.90 Å². The van der Waals surface area contributed by atoms with Gasteiger partial charge in [0.25, 0.3) is 5.91 Å². The Morgan fingerprint density at radius 1 is 0.960 bits per heavy atom. The Kier molecular flexibility index (Phi) is 5.53. The molecule has 6 heteroatoms. The summed E-state index contributed by atoms with van der Waals surface area (Å²) in [6.45, 7) is 0. The molecule has 0 saturated carbocycles. The average Bonchev–Trinajstić information content (AvgIpc) is 3.09. The van der Waals surface area contributed by atoms with Gasteiger partial charge in [0.2, 0.25) is 5.91 Å². The third kappa shape index (κ3) is 4.29. The number of rotatable bonds is 6. The average molecular weight is 368 g/mol. The first-order chi connectivity index (χ1) is 12.1. The van der Waals surface area contributed by atoms with Crippen molar-refractivity contribution in [2.75, 3.05) is 5.32 Å². The Morgan fingerprint density at radius 3 is 2.24 bits per heavy atom. The molecule has 3 rings (SSSR count). The van der Waals surface area contributed by atoms with E-state index in [1.165, 1.54) is 23.1 Å². The Balaban J connectivity index is 1.87. The fraction of sp³-hybridized carbons (Fsp3) is 0.0526. The van der Waals surface area contributed by atoms with E-state index in [0.717, 1.165) is 10.5 Å². The van der Waals surface area contributed by atoms with Crippen molar-refractivity contribution < 1.29 is 9.59 Å². The molecule has 4 nitrogen and oxygen atoms in total. The molecule has 3 aromatic rings. The minimum atomic E-state index is -0.552. The molecule has 0 aliphatic rings. The highest BCUT2D eigenvalue weighted by molar-refractivity contribution is 8.00. The first-order valence-corrected chi connectivity index (χ1v) is 9.36. The fourth-order valence-electron chi connectivity index (χ4n) is 2.31. The van der Waals surface area contributed by atoms with E-state index >= 15 is 0 Å². The molecule has 0 fully saturated rings. The van der Waals surface area contributed by atoms with E-state index in [0.29, 0.717) is 10.6 Å². The molecule has 0 bridgehead atoms. The summed E-state index contributed by atoms with van der Waals surface area (Å²) >= 11 is 2.75. The fourth-order valence-corrected chi connectivity index (χ4v) is 4.15. The van der Waals surface area contributed by atoms with E-state index in [9.17, 15) is 9.59 Å². The minimum Gasteiger partial charge on any atom is -0.366 e. The molecule has 25 heavy (non-hydrogen) atoms. The maximum Gasteiger partial charge on any atom is 0.251 e. The lowest BCUT2D eigenvalue weighted by Crippen LogP contribution is -2.21. The predicted molar refractivity (Wildman–Crippen MR) is 103 cm³/mol. The van der Waals surface area contributed by atoms with E-state index in [1.807, 2.05) is 60.7 Å². The number of nitrogens with two attached hydrogens (primary N) is 1. The maximum absolute atomic E-state index is 12.9. The molecular weight excluding hydrogens is 352 g/mol. The number of thiophene rings is 1. The number of thioether (sulfide) groups is 1. The van der Waals surface area contributed by atoms with Gasteiger partial charge in [-0.25, -0.2) is 0 Å². The van der Waals surface area contributed by atoms with Crippen LogP contribution in [0.1, 0.15) is 21.2 Å². The highest BCUT2D eigenvalue weighted by Crippen LogP contribution is 2.36. The lowest BCUT2D eigenvalue weighted by Gasteiger charge is -2.17. The lowest BCUT2D eigenvalue weighted by atomic mass is 10.1. The van der Waals surface area contributed by atoms with Crippen molar-refractivity contribution in [3.8, 4) is 0 Å². The zero-order chi connectivity index (χ0) is 17.6. The van der Waals surface area contributed by atoms with E-state index < -0.39 is 11.2 Å². The van der Waals surface area contributed by atoms with Crippen LogP contribution in [0.15, 0.2) is 77.0 Å². The Hall–Kier alpha value is -2.57. The van der Waals surface area contributed by atoms with Crippen molar-refractivity contribution in [3.63, 3.8) is 0 Å². The van der Waals surface area contributed by atoms with Crippen molar-refractivity contribution in [2.45, 2.75) is 10.1 Å². The maximum atomic E-state index is 12.9. The summed E-state index contributed by atoms with van der Waals surface area (Å²) in [6, 6.07) is 20.9. The molecule has 3 N–H and O–H groups in total. The van der Waals surface area contributed by atoms with Crippen molar-refractivity contribution in [1.29, 1.82) is 0 Å². The van der Waals surface area contributed by atoms with E-state index in [4.69, 9.17) is 5.73 Å². The monoisotopic (exact) mass is 368 g/mol. The SMILES string of the molecule is NC(=O)c1ccsc1NC(=O)C(Sc1ccccc1)c1ccccc1. The second-order valence-electron chi connectivity index (χ2n) is 5.24. The molecular formula is C19H16N2O2S2. The molecule has 1 heterocycles. The molecule has 0 radical (unpaired) electrons. The van der Waals surface area contributed by atoms with Gasteiger partial charge in [0.1, 0.15) is 10.3 Å². The van der Waals surface area contributed by atoms with Gasteiger partial charge < -0.3 is 11.1 Å². The van der Waals surface area contributed by atoms with Gasteiger partial charge in [-0.15, -0.1) is 23.1 Å². The van der Waals surface area contributed by atoms with Crippen LogP contribution in [-0.4, -0.2) is 11.8 Å². The normalized spacial score (nSPS) is 11.7. The molecule has 0 saturated heterocycles. The summed E-state index contributed by atoms with van der Waals surface area (Å²) in [5, 5.41) is 4.62. The summed E-state index contributed by atoms with van der Waals surface area (Å²) in [5.41, 5.74) is 6.58. The predicted octanol–water partition coefficient (Wildman–Crippen LogP) is 4.32. The Morgan fingerprint density at radius 2 is 1.60 bits per heavy atom. The molecule has 126 valence electrons. The van der Waals surface area contributed by atoms with Crippen LogP contribution in [0.4, 0.5) is 5.00 Å². The molecule has 1 aromatic heterocycles. The summed E-state index contributed by atoms with van der Waals surface area (Å²) in [5.74, 6) is -0.742. The number of benzene rings is 2. The van der Waals surface area contributed by atoms with Gasteiger partial charge in [-0.3, -0.25) is 9.59 Å². The van der Waals surface area contributed by atoms with E-state index in [2.05, 4.69) is 5.32 Å². The van der Waals surface area contributed by atoms with Crippen LogP contribution in [0.5, 0.6) is 0 Å². The first kappa shape index (κ1) is 17.3. The molecule has 0 aliphatic heterocycles. The smallest absolute Gasteiger partial charge is 0.251 e. The topological polar surface area (TPSA) is 72.2 Å². The standard InChI is InChI=1S/C19H16N2O2S2/c20-17(22)15-11-12-24-19(15)21-18(23)16(13-7-3-1-4-8-13)25-14-9-5-2-6-10-14/h1-12,16H,(H2,20,22)(H,21,23). The Bertz CT molecular complexity index is 863. The van der Waals surface area contributed by atoms with Crippen LogP contribution in [0.25, 0.3) is 0 Å². The Labute approximate surface area is 154 Å². The zero-order valence-electron chi connectivity index (χ0n) is 13.2. The van der Waals surface area contributed by atoms with Crippen LogP contribution in [-0.2, 0) is 4.79 Å². The molecule has 2 amide bonds. The van der Waals surface area contributed by atoms with Gasteiger partial charge in [0.15, 0.2) is 0 Å². The van der Waals surface area contributed by atoms with Gasteiger partial charge in [-0.2, -0.15) is 0 Å². The summed E-state index contributed by atoms with van der Waals surface area (Å²) in [7, 11) is 0. The second-order valence-corrected chi connectivity index (χ2v) is 7.33. The van der Waals surface area contributed by atoms with Crippen LogP contribution in [0.2, 0.25) is 0 Å². The number of primary amides is 1. The van der Waals surface area contributed by atoms with Crippen LogP contribution < -0.4 is 11.1 Å². The van der Waals surface area contributed by atoms with Crippen molar-refractivity contribution in [2.24, 2.45) is 5.73 Å². The molecule has 0 aliphatic carbocycles. The number of carbonyl (C=O) groups is 2. The third-order valence-electron chi connectivity index (χ3n) is 3.51. The van der Waals surface area contributed by atoms with Gasteiger partial charge in [0.05, 0.1) is 5.56 Å². The summed E-state index contributed by atoms with van der Waals surface area (Å²) in [6.07, 6.45) is 0. The van der Waals surface area contributed by atoms with Crippen LogP contribution in [0.3, 0.4) is 0 Å². The number of nitrogens with one attached hydrogen (secondary N) is 1. The van der Waals surface area contributed by atoms with Crippen LogP contribution >= 0.6 is 23.1 Å². The van der Waals surface area contributed by atoms with Gasteiger partial charge in [-0.05, 0) is 29.1 Å². The third-order valence-corrected chi connectivity index (χ3v) is 5.60. The van der Waals surface area contributed by atoms with Crippen molar-refractivity contribution in [1.82, 2.24) is 0 Å². The van der Waals surface area contributed by atoms with Crippen molar-refractivity contribution >= 4 is 39.9 Å². The van der Waals surface area contributed by atoms with Crippen molar-refractivity contribution in [3.05, 3.63) is 83.2 Å². The highest BCUT2D eigenvalue weighted by Gasteiger charge is 2.24. The number of anilines is 1. The quantitative estimate of drug-likeness (QED) is 0.637. The number of hydrogen-bond acceptors (Lipinski definition) is 4. The number of carbonyl (C=O) groups excluding carboxylic acids is 2. The molecule has 1 atom stereocenters. The zero-order valence-corrected chi connectivity index (χ0v) is 14.8. The van der Waals surface area contributed by atoms with E-state index in [-0.39, 0.29) is 5.91 Å². The minimum absolute atomic E-state index is 0.190. The largest absolute Gasteiger partial charge is 0.366 e. The highest BCUT2D eigenvalue weighted by atomic mass is 32.2. The number of hydrogen-bond donors (Lipinski definition) is 2. The molecule has 0 spiro atoms. The molecule has 1 unspecified atom stereocenters. The van der Waals surface area contributed by atoms with E-state index in [1.54, 1.807) is 11.4 Å². The summed E-state index contributed by atoms with van der Waals surface area (Å²) in [4.78, 5) is 25.4. The first-order valence-electron chi connectivity index (χ1n) is 7.60. The lowest BCUT2D eigenvalue weighted by molar-refractivity contribution is -0.115. The second kappa shape index (κ2) is 8.00. The summed E-state index contributed by atoms with van der Waals surface area (Å²) < 4.78 is 0.